The molecule has 0 fully saturated rings. The van der Waals surface area contributed by atoms with Gasteiger partial charge in [-0.15, -0.1) is 17.9 Å². The first kappa shape index (κ1) is 20.3. The Labute approximate surface area is 171 Å². The number of allylic oxidation sites excluding steroid dienone is 1. The maximum absolute atomic E-state index is 14.4. The summed E-state index contributed by atoms with van der Waals surface area (Å²) in [6, 6.07) is 18.1. The second-order valence-corrected chi connectivity index (χ2v) is 8.14. The van der Waals surface area contributed by atoms with Gasteiger partial charge in [-0.05, 0) is 49.4 Å². The van der Waals surface area contributed by atoms with Crippen molar-refractivity contribution in [2.75, 3.05) is 6.61 Å². The standard InChI is InChI=1S/C25H27FOS/c1-4-25(3,20-13-15-21(16-14-20)27-5-2)17-9-12-23-24(22(26)18-28-23)19-10-7-6-8-11-19/h4,6-8,10-11,13-16,18H,1,5,9,12,17H2,2-3H3. The van der Waals surface area contributed by atoms with E-state index in [-0.39, 0.29) is 11.2 Å². The number of benzene rings is 2. The van der Waals surface area contributed by atoms with Gasteiger partial charge < -0.3 is 4.74 Å². The van der Waals surface area contributed by atoms with E-state index in [4.69, 9.17) is 4.74 Å². The van der Waals surface area contributed by atoms with Crippen molar-refractivity contribution in [2.45, 2.75) is 38.5 Å². The molecule has 0 radical (unpaired) electrons. The Morgan fingerprint density at radius 3 is 2.46 bits per heavy atom. The number of hydrogen-bond acceptors (Lipinski definition) is 2. The molecule has 0 aliphatic heterocycles. The van der Waals surface area contributed by atoms with Crippen LogP contribution in [0.2, 0.25) is 0 Å². The van der Waals surface area contributed by atoms with Crippen molar-refractivity contribution < 1.29 is 9.13 Å². The summed E-state index contributed by atoms with van der Waals surface area (Å²) in [6.45, 7) is 8.94. The summed E-state index contributed by atoms with van der Waals surface area (Å²) < 4.78 is 19.9. The van der Waals surface area contributed by atoms with Crippen LogP contribution in [0.4, 0.5) is 4.39 Å². The summed E-state index contributed by atoms with van der Waals surface area (Å²) in [5.74, 6) is 0.767. The number of ether oxygens (including phenoxy) is 1. The second-order valence-electron chi connectivity index (χ2n) is 7.18. The molecular weight excluding hydrogens is 367 g/mol. The van der Waals surface area contributed by atoms with E-state index in [0.29, 0.717) is 6.61 Å². The molecule has 1 atom stereocenters. The van der Waals surface area contributed by atoms with Gasteiger partial charge in [-0.2, -0.15) is 0 Å². The van der Waals surface area contributed by atoms with E-state index in [0.717, 1.165) is 41.0 Å². The van der Waals surface area contributed by atoms with Gasteiger partial charge >= 0.3 is 0 Å². The first-order valence-corrected chi connectivity index (χ1v) is 10.6. The molecule has 0 bridgehead atoms. The van der Waals surface area contributed by atoms with Crippen LogP contribution in [0, 0.1) is 5.82 Å². The smallest absolute Gasteiger partial charge is 0.141 e. The van der Waals surface area contributed by atoms with Crippen molar-refractivity contribution in [1.29, 1.82) is 0 Å². The minimum Gasteiger partial charge on any atom is -0.494 e. The van der Waals surface area contributed by atoms with Crippen molar-refractivity contribution in [2.24, 2.45) is 0 Å². The monoisotopic (exact) mass is 394 g/mol. The van der Waals surface area contributed by atoms with Gasteiger partial charge in [0.1, 0.15) is 11.6 Å². The molecule has 1 aromatic heterocycles. The summed E-state index contributed by atoms with van der Waals surface area (Å²) in [6.07, 6.45) is 4.81. The highest BCUT2D eigenvalue weighted by Gasteiger charge is 2.23. The second kappa shape index (κ2) is 9.20. The fourth-order valence-electron chi connectivity index (χ4n) is 3.54. The third kappa shape index (κ3) is 4.53. The van der Waals surface area contributed by atoms with Gasteiger partial charge in [-0.25, -0.2) is 4.39 Å². The van der Waals surface area contributed by atoms with E-state index >= 15 is 0 Å². The SMILES string of the molecule is C=CC(C)(CCCc1scc(F)c1-c1ccccc1)c1ccc(OCC)cc1. The maximum atomic E-state index is 14.4. The molecule has 0 saturated carbocycles. The number of thiophene rings is 1. The predicted octanol–water partition coefficient (Wildman–Crippen LogP) is 7.42. The Kier molecular flexibility index (Phi) is 6.69. The van der Waals surface area contributed by atoms with Gasteiger partial charge in [0, 0.05) is 21.2 Å². The van der Waals surface area contributed by atoms with Crippen molar-refractivity contribution in [1.82, 2.24) is 0 Å². The van der Waals surface area contributed by atoms with E-state index in [1.54, 1.807) is 5.38 Å². The molecule has 0 aliphatic carbocycles. The van der Waals surface area contributed by atoms with Crippen molar-refractivity contribution in [3.05, 3.63) is 88.9 Å². The zero-order valence-corrected chi connectivity index (χ0v) is 17.4. The molecule has 3 heteroatoms. The minimum atomic E-state index is -0.121. The van der Waals surface area contributed by atoms with Crippen LogP contribution in [0.1, 0.15) is 37.1 Å². The molecular formula is C25H27FOS. The van der Waals surface area contributed by atoms with Gasteiger partial charge in [-0.3, -0.25) is 0 Å². The average Bonchev–Trinajstić information content (AvgIpc) is 3.09. The molecule has 3 aromatic rings. The normalized spacial score (nSPS) is 13.1. The Morgan fingerprint density at radius 2 is 1.82 bits per heavy atom. The first-order chi connectivity index (χ1) is 13.6. The zero-order valence-electron chi connectivity index (χ0n) is 16.6. The highest BCUT2D eigenvalue weighted by molar-refractivity contribution is 7.10. The molecule has 1 heterocycles. The van der Waals surface area contributed by atoms with Crippen LogP contribution >= 0.6 is 11.3 Å². The minimum absolute atomic E-state index is 0.118. The lowest BCUT2D eigenvalue weighted by Gasteiger charge is -2.26. The fourth-order valence-corrected chi connectivity index (χ4v) is 4.50. The van der Waals surface area contributed by atoms with E-state index in [2.05, 4.69) is 25.6 Å². The van der Waals surface area contributed by atoms with E-state index in [1.165, 1.54) is 16.9 Å². The molecule has 28 heavy (non-hydrogen) atoms. The molecule has 0 amide bonds. The molecule has 0 N–H and O–H groups in total. The predicted molar refractivity (Wildman–Crippen MR) is 118 cm³/mol. The topological polar surface area (TPSA) is 9.23 Å². The van der Waals surface area contributed by atoms with Crippen LogP contribution < -0.4 is 4.74 Å². The van der Waals surface area contributed by atoms with Crippen LogP contribution in [0.15, 0.2) is 72.6 Å². The number of halogens is 1. The molecule has 0 aliphatic rings. The van der Waals surface area contributed by atoms with Crippen LogP contribution in [0.5, 0.6) is 5.75 Å². The van der Waals surface area contributed by atoms with Crippen molar-refractivity contribution in [3.63, 3.8) is 0 Å². The van der Waals surface area contributed by atoms with Gasteiger partial charge in [-0.1, -0.05) is 55.5 Å². The van der Waals surface area contributed by atoms with Gasteiger partial charge in [0.15, 0.2) is 0 Å². The highest BCUT2D eigenvalue weighted by atomic mass is 32.1. The Hall–Kier alpha value is -2.39. The van der Waals surface area contributed by atoms with Crippen LogP contribution in [0.25, 0.3) is 11.1 Å². The maximum Gasteiger partial charge on any atom is 0.141 e. The molecule has 146 valence electrons. The number of hydrogen-bond donors (Lipinski definition) is 0. The van der Waals surface area contributed by atoms with Crippen LogP contribution in [-0.4, -0.2) is 6.61 Å². The van der Waals surface area contributed by atoms with Crippen LogP contribution in [-0.2, 0) is 11.8 Å². The molecule has 2 aromatic carbocycles. The largest absolute Gasteiger partial charge is 0.494 e. The zero-order chi connectivity index (χ0) is 20.0. The lowest BCUT2D eigenvalue weighted by atomic mass is 9.78. The molecule has 1 unspecified atom stereocenters. The van der Waals surface area contributed by atoms with E-state index in [9.17, 15) is 4.39 Å². The summed E-state index contributed by atoms with van der Waals surface area (Å²) in [4.78, 5) is 1.11. The summed E-state index contributed by atoms with van der Waals surface area (Å²) >= 11 is 1.52. The molecule has 1 nitrogen and oxygen atoms in total. The fraction of sp³-hybridized carbons (Fsp3) is 0.280. The Balaban J connectivity index is 1.70. The van der Waals surface area contributed by atoms with E-state index in [1.807, 2.05) is 55.5 Å². The first-order valence-electron chi connectivity index (χ1n) is 9.75. The van der Waals surface area contributed by atoms with Gasteiger partial charge in [0.25, 0.3) is 0 Å². The average molecular weight is 395 g/mol. The third-order valence-electron chi connectivity index (χ3n) is 5.26. The van der Waals surface area contributed by atoms with Gasteiger partial charge in [0.05, 0.1) is 6.61 Å². The summed E-state index contributed by atoms with van der Waals surface area (Å²) in [7, 11) is 0. The molecule has 3 rings (SSSR count). The quantitative estimate of drug-likeness (QED) is 0.343. The number of rotatable bonds is 9. The molecule has 0 saturated heterocycles. The lowest BCUT2D eigenvalue weighted by molar-refractivity contribution is 0.340. The Morgan fingerprint density at radius 1 is 1.11 bits per heavy atom. The third-order valence-corrected chi connectivity index (χ3v) is 6.28. The highest BCUT2D eigenvalue weighted by Crippen LogP contribution is 2.36. The molecule has 0 spiro atoms. The summed E-state index contributed by atoms with van der Waals surface area (Å²) in [5, 5.41) is 1.62. The number of aryl methyl sites for hydroxylation is 1. The van der Waals surface area contributed by atoms with E-state index < -0.39 is 0 Å². The van der Waals surface area contributed by atoms with Crippen molar-refractivity contribution in [3.8, 4) is 16.9 Å². The van der Waals surface area contributed by atoms with Gasteiger partial charge in [0.2, 0.25) is 0 Å². The summed E-state index contributed by atoms with van der Waals surface area (Å²) in [5.41, 5.74) is 2.82. The lowest BCUT2D eigenvalue weighted by Crippen LogP contribution is -2.18. The Bertz CT molecular complexity index is 898. The van der Waals surface area contributed by atoms with Crippen LogP contribution in [0.3, 0.4) is 0 Å². The van der Waals surface area contributed by atoms with Crippen molar-refractivity contribution >= 4 is 11.3 Å².